The van der Waals surface area contributed by atoms with Crippen molar-refractivity contribution in [1.29, 1.82) is 0 Å². The third-order valence-corrected chi connectivity index (χ3v) is 5.73. The number of rotatable bonds is 7. The summed E-state index contributed by atoms with van der Waals surface area (Å²) in [5, 5.41) is 0.776. The average Bonchev–Trinajstić information content (AvgIpc) is 3.21. The Labute approximate surface area is 181 Å². The molecule has 9 heteroatoms. The summed E-state index contributed by atoms with van der Waals surface area (Å²) in [7, 11) is 0. The molecule has 1 aromatic carbocycles. The molecule has 2 aromatic rings. The molecule has 1 saturated heterocycles. The zero-order valence-electron chi connectivity index (χ0n) is 15.7. The van der Waals surface area contributed by atoms with Gasteiger partial charge in [0.15, 0.2) is 5.09 Å². The van der Waals surface area contributed by atoms with E-state index in [0.717, 1.165) is 21.6 Å². The van der Waals surface area contributed by atoms with E-state index in [9.17, 15) is 14.4 Å². The third kappa shape index (κ3) is 5.91. The first-order valence-electron chi connectivity index (χ1n) is 8.76. The smallest absolute Gasteiger partial charge is 0.326 e. The molecule has 6 nitrogen and oxygen atoms in total. The zero-order chi connectivity index (χ0) is 21.0. The lowest BCUT2D eigenvalue weighted by molar-refractivity contribution is -0.147. The number of imide groups is 1. The van der Waals surface area contributed by atoms with Crippen molar-refractivity contribution in [2.75, 3.05) is 13.2 Å². The second-order valence-corrected chi connectivity index (χ2v) is 9.07. The second-order valence-electron chi connectivity index (χ2n) is 6.56. The molecular formula is C20H18ClNO5S2. The van der Waals surface area contributed by atoms with E-state index in [4.69, 9.17) is 20.8 Å². The number of nitrogens with zero attached hydrogens (tertiary/aromatic N) is 1. The fraction of sp³-hybridized carbons (Fsp3) is 0.250. The molecular weight excluding hydrogens is 434 g/mol. The van der Waals surface area contributed by atoms with Gasteiger partial charge in [0.05, 0.1) is 11.5 Å². The highest BCUT2D eigenvalue weighted by Gasteiger charge is 2.37. The minimum atomic E-state index is -0.609. The van der Waals surface area contributed by atoms with Crippen LogP contribution in [-0.2, 0) is 14.3 Å². The Kier molecular flexibility index (Phi) is 7.10. The number of halogens is 1. The maximum absolute atomic E-state index is 12.5. The average molecular weight is 452 g/mol. The number of esters is 1. The molecule has 1 aliphatic rings. The molecule has 0 bridgehead atoms. The standard InChI is InChI=1S/C20H18ClNO5S2/c1-12(2)11-26-17(23)10-22-19(24)16(29-20(22)25)9-14-5-8-18(27-14)28-15-6-3-13(21)4-7-15/h3-9,12H,10-11H2,1-2H3/b16-9-. The SMILES string of the molecule is CC(C)COC(=O)CN1C(=O)S/C(=C\c2ccc(Sc3ccc(Cl)cc3)o2)C1=O. The molecule has 152 valence electrons. The maximum atomic E-state index is 12.5. The summed E-state index contributed by atoms with van der Waals surface area (Å²) >= 11 is 8.05. The van der Waals surface area contributed by atoms with Crippen LogP contribution in [0.15, 0.2) is 55.7 Å². The van der Waals surface area contributed by atoms with Crippen molar-refractivity contribution in [2.45, 2.75) is 23.8 Å². The number of furan rings is 1. The molecule has 2 amide bonds. The predicted molar refractivity (Wildman–Crippen MR) is 113 cm³/mol. The quantitative estimate of drug-likeness (QED) is 0.416. The highest BCUT2D eigenvalue weighted by molar-refractivity contribution is 8.18. The summed E-state index contributed by atoms with van der Waals surface area (Å²) in [5.41, 5.74) is 0. The Hall–Kier alpha value is -2.16. The van der Waals surface area contributed by atoms with Gasteiger partial charge in [-0.05, 0) is 54.1 Å². The van der Waals surface area contributed by atoms with E-state index in [1.807, 2.05) is 26.0 Å². The van der Waals surface area contributed by atoms with Gasteiger partial charge in [-0.2, -0.15) is 0 Å². The van der Waals surface area contributed by atoms with Gasteiger partial charge < -0.3 is 9.15 Å². The van der Waals surface area contributed by atoms with E-state index in [0.29, 0.717) is 15.9 Å². The van der Waals surface area contributed by atoms with E-state index in [2.05, 4.69) is 0 Å². The molecule has 1 aliphatic heterocycles. The van der Waals surface area contributed by atoms with Gasteiger partial charge in [0.1, 0.15) is 12.3 Å². The van der Waals surface area contributed by atoms with E-state index >= 15 is 0 Å². The molecule has 0 spiro atoms. The first kappa shape index (κ1) is 21.5. The number of benzene rings is 1. The lowest BCUT2D eigenvalue weighted by Crippen LogP contribution is -2.34. The van der Waals surface area contributed by atoms with Crippen molar-refractivity contribution in [3.05, 3.63) is 52.1 Å². The van der Waals surface area contributed by atoms with Crippen molar-refractivity contribution in [1.82, 2.24) is 4.90 Å². The topological polar surface area (TPSA) is 76.8 Å². The van der Waals surface area contributed by atoms with Gasteiger partial charge in [0, 0.05) is 16.0 Å². The Bertz CT molecular complexity index is 952. The van der Waals surface area contributed by atoms with Crippen LogP contribution in [0, 0.1) is 5.92 Å². The van der Waals surface area contributed by atoms with Gasteiger partial charge in [0.25, 0.3) is 11.1 Å². The predicted octanol–water partition coefficient (Wildman–Crippen LogP) is 5.32. The Morgan fingerprint density at radius 3 is 2.66 bits per heavy atom. The Balaban J connectivity index is 1.64. The number of amides is 2. The van der Waals surface area contributed by atoms with Crippen LogP contribution in [-0.4, -0.2) is 35.2 Å². The van der Waals surface area contributed by atoms with Crippen molar-refractivity contribution in [3.8, 4) is 0 Å². The third-order valence-electron chi connectivity index (χ3n) is 3.65. The molecule has 0 aliphatic carbocycles. The Morgan fingerprint density at radius 1 is 1.24 bits per heavy atom. The molecule has 1 aromatic heterocycles. The van der Waals surface area contributed by atoms with Gasteiger partial charge in [-0.15, -0.1) is 0 Å². The van der Waals surface area contributed by atoms with Crippen LogP contribution < -0.4 is 0 Å². The number of carbonyl (C=O) groups is 3. The lowest BCUT2D eigenvalue weighted by atomic mass is 10.2. The first-order valence-corrected chi connectivity index (χ1v) is 10.8. The zero-order valence-corrected chi connectivity index (χ0v) is 18.1. The van der Waals surface area contributed by atoms with Gasteiger partial charge in [0.2, 0.25) is 0 Å². The van der Waals surface area contributed by atoms with E-state index in [1.54, 1.807) is 24.3 Å². The Morgan fingerprint density at radius 2 is 1.97 bits per heavy atom. The van der Waals surface area contributed by atoms with Crippen LogP contribution in [0.5, 0.6) is 0 Å². The van der Waals surface area contributed by atoms with Gasteiger partial charge in [-0.1, -0.05) is 37.2 Å². The highest BCUT2D eigenvalue weighted by Crippen LogP contribution is 2.34. The summed E-state index contributed by atoms with van der Waals surface area (Å²) in [4.78, 5) is 38.4. The van der Waals surface area contributed by atoms with Gasteiger partial charge >= 0.3 is 5.97 Å². The first-order chi connectivity index (χ1) is 13.8. The number of hydrogen-bond donors (Lipinski definition) is 0. The van der Waals surface area contributed by atoms with E-state index in [-0.39, 0.29) is 17.4 Å². The number of thioether (sulfide) groups is 1. The number of carbonyl (C=O) groups excluding carboxylic acids is 3. The molecule has 0 saturated carbocycles. The summed E-state index contributed by atoms with van der Waals surface area (Å²) in [5.74, 6) is -0.534. The largest absolute Gasteiger partial charge is 0.464 e. The summed E-state index contributed by atoms with van der Waals surface area (Å²) < 4.78 is 10.8. The molecule has 2 heterocycles. The van der Waals surface area contributed by atoms with Crippen LogP contribution >= 0.6 is 35.1 Å². The molecule has 0 unspecified atom stereocenters. The minimum absolute atomic E-state index is 0.174. The maximum Gasteiger partial charge on any atom is 0.326 e. The molecule has 0 radical (unpaired) electrons. The normalized spacial score (nSPS) is 15.6. The van der Waals surface area contributed by atoms with Crippen molar-refractivity contribution in [3.63, 3.8) is 0 Å². The molecule has 3 rings (SSSR count). The monoisotopic (exact) mass is 451 g/mol. The van der Waals surface area contributed by atoms with Gasteiger partial charge in [-0.25, -0.2) is 0 Å². The van der Waals surface area contributed by atoms with Crippen molar-refractivity contribution < 1.29 is 23.5 Å². The minimum Gasteiger partial charge on any atom is -0.464 e. The van der Waals surface area contributed by atoms with E-state index < -0.39 is 23.7 Å². The number of hydrogen-bond acceptors (Lipinski definition) is 7. The molecule has 0 N–H and O–H groups in total. The van der Waals surface area contributed by atoms with Crippen LogP contribution in [0.3, 0.4) is 0 Å². The summed E-state index contributed by atoms with van der Waals surface area (Å²) in [6.07, 6.45) is 1.50. The summed E-state index contributed by atoms with van der Waals surface area (Å²) in [6.45, 7) is 3.65. The molecule has 0 atom stereocenters. The van der Waals surface area contributed by atoms with Crippen LogP contribution in [0.1, 0.15) is 19.6 Å². The second kappa shape index (κ2) is 9.56. The summed E-state index contributed by atoms with van der Waals surface area (Å²) in [6, 6.07) is 10.8. The van der Waals surface area contributed by atoms with Crippen LogP contribution in [0.4, 0.5) is 4.79 Å². The fourth-order valence-electron chi connectivity index (χ4n) is 2.29. The lowest BCUT2D eigenvalue weighted by Gasteiger charge is -2.12. The molecule has 29 heavy (non-hydrogen) atoms. The highest BCUT2D eigenvalue weighted by atomic mass is 35.5. The van der Waals surface area contributed by atoms with Crippen LogP contribution in [0.25, 0.3) is 6.08 Å². The van der Waals surface area contributed by atoms with Crippen molar-refractivity contribution in [2.24, 2.45) is 5.92 Å². The molecule has 1 fully saturated rings. The van der Waals surface area contributed by atoms with E-state index in [1.165, 1.54) is 17.8 Å². The number of ether oxygens (including phenoxy) is 1. The van der Waals surface area contributed by atoms with Crippen molar-refractivity contribution >= 4 is 58.3 Å². The van der Waals surface area contributed by atoms with Gasteiger partial charge in [-0.3, -0.25) is 19.3 Å². The fourth-order valence-corrected chi connectivity index (χ4v) is 4.01. The van der Waals surface area contributed by atoms with Crippen LogP contribution in [0.2, 0.25) is 5.02 Å².